The van der Waals surface area contributed by atoms with Gasteiger partial charge in [0.1, 0.15) is 15.6 Å². The lowest BCUT2D eigenvalue weighted by Crippen LogP contribution is -2.39. The van der Waals surface area contributed by atoms with Crippen molar-refractivity contribution < 1.29 is 27.5 Å². The van der Waals surface area contributed by atoms with Crippen LogP contribution >= 0.6 is 0 Å². The minimum absolute atomic E-state index is 0.0231. The van der Waals surface area contributed by atoms with Gasteiger partial charge in [-0.15, -0.1) is 0 Å². The first kappa shape index (κ1) is 16.0. The summed E-state index contributed by atoms with van der Waals surface area (Å²) in [7, 11) is -1.67. The van der Waals surface area contributed by atoms with E-state index in [0.29, 0.717) is 5.76 Å². The maximum Gasteiger partial charge on any atom is 0.371 e. The predicted octanol–water partition coefficient (Wildman–Crippen LogP) is 0.164. The third-order valence-electron chi connectivity index (χ3n) is 2.43. The van der Waals surface area contributed by atoms with Gasteiger partial charge in [-0.05, 0) is 12.1 Å². The molecule has 1 aromatic rings. The Morgan fingerprint density at radius 3 is 2.55 bits per heavy atom. The first-order valence-corrected chi connectivity index (χ1v) is 7.74. The highest BCUT2D eigenvalue weighted by molar-refractivity contribution is 7.90. The van der Waals surface area contributed by atoms with E-state index in [2.05, 4.69) is 5.32 Å². The van der Waals surface area contributed by atoms with Crippen molar-refractivity contribution in [1.29, 1.82) is 0 Å². The van der Waals surface area contributed by atoms with Gasteiger partial charge in [0, 0.05) is 19.8 Å². The molecule has 0 spiro atoms. The molecule has 20 heavy (non-hydrogen) atoms. The monoisotopic (exact) mass is 304 g/mol. The molecule has 2 N–H and O–H groups in total. The van der Waals surface area contributed by atoms with Crippen molar-refractivity contribution in [3.8, 4) is 0 Å². The molecule has 0 aromatic carbocycles. The molecule has 2 amide bonds. The zero-order valence-electron chi connectivity index (χ0n) is 11.1. The molecule has 8 nitrogen and oxygen atoms in total. The number of furan rings is 1. The Balaban J connectivity index is 2.44. The smallest absolute Gasteiger partial charge is 0.371 e. The first-order valence-electron chi connectivity index (χ1n) is 5.68. The SMILES string of the molecule is CN(CCS(C)(=O)=O)C(=O)NCc1ccc(C(=O)O)o1. The van der Waals surface area contributed by atoms with Crippen molar-refractivity contribution in [2.24, 2.45) is 0 Å². The lowest BCUT2D eigenvalue weighted by Gasteiger charge is -2.16. The van der Waals surface area contributed by atoms with Gasteiger partial charge in [-0.2, -0.15) is 0 Å². The molecule has 0 aliphatic carbocycles. The highest BCUT2D eigenvalue weighted by atomic mass is 32.2. The first-order chi connectivity index (χ1) is 9.19. The molecular formula is C11H16N2O6S. The Bertz CT molecular complexity index is 592. The topological polar surface area (TPSA) is 117 Å². The fourth-order valence-corrected chi connectivity index (χ4v) is 1.90. The van der Waals surface area contributed by atoms with Gasteiger partial charge in [-0.1, -0.05) is 0 Å². The van der Waals surface area contributed by atoms with Crippen LogP contribution in [0.3, 0.4) is 0 Å². The molecule has 9 heteroatoms. The number of hydrogen-bond donors (Lipinski definition) is 2. The van der Waals surface area contributed by atoms with Crippen LogP contribution in [-0.4, -0.2) is 56.0 Å². The van der Waals surface area contributed by atoms with Gasteiger partial charge in [0.2, 0.25) is 5.76 Å². The molecule has 0 aliphatic heterocycles. The number of carboxylic acid groups (broad SMARTS) is 1. The average Bonchev–Trinajstić information content (AvgIpc) is 2.81. The van der Waals surface area contributed by atoms with Gasteiger partial charge < -0.3 is 19.7 Å². The number of carbonyl (C=O) groups excluding carboxylic acids is 1. The second kappa shape index (κ2) is 6.42. The molecule has 0 radical (unpaired) electrons. The van der Waals surface area contributed by atoms with Crippen molar-refractivity contribution in [3.63, 3.8) is 0 Å². The van der Waals surface area contributed by atoms with Gasteiger partial charge in [-0.3, -0.25) is 0 Å². The summed E-state index contributed by atoms with van der Waals surface area (Å²) < 4.78 is 26.9. The minimum atomic E-state index is -3.13. The molecule has 0 saturated heterocycles. The Hall–Kier alpha value is -2.03. The molecule has 0 unspecified atom stereocenters. The van der Waals surface area contributed by atoms with E-state index in [4.69, 9.17) is 9.52 Å². The highest BCUT2D eigenvalue weighted by Crippen LogP contribution is 2.07. The molecule has 1 aromatic heterocycles. The van der Waals surface area contributed by atoms with Crippen LogP contribution in [0.25, 0.3) is 0 Å². The number of aromatic carboxylic acids is 1. The molecule has 112 valence electrons. The van der Waals surface area contributed by atoms with Crippen LogP contribution in [0.4, 0.5) is 4.79 Å². The summed E-state index contributed by atoms with van der Waals surface area (Å²) in [5.74, 6) is -1.22. The quantitative estimate of drug-likeness (QED) is 0.773. The number of nitrogens with one attached hydrogen (secondary N) is 1. The second-order valence-electron chi connectivity index (χ2n) is 4.28. The van der Waals surface area contributed by atoms with Crippen LogP contribution in [0.5, 0.6) is 0 Å². The van der Waals surface area contributed by atoms with Crippen molar-refractivity contribution in [2.45, 2.75) is 6.54 Å². The largest absolute Gasteiger partial charge is 0.475 e. The standard InChI is InChI=1S/C11H16N2O6S/c1-13(5-6-20(2,17)18)11(16)12-7-8-3-4-9(19-8)10(14)15/h3-4H,5-7H2,1-2H3,(H,12,16)(H,14,15). The van der Waals surface area contributed by atoms with E-state index in [1.807, 2.05) is 0 Å². The predicted molar refractivity (Wildman–Crippen MR) is 70.2 cm³/mol. The number of nitrogens with zero attached hydrogens (tertiary/aromatic N) is 1. The van der Waals surface area contributed by atoms with E-state index in [9.17, 15) is 18.0 Å². The van der Waals surface area contributed by atoms with Gasteiger partial charge in [0.25, 0.3) is 0 Å². The summed E-state index contributed by atoms with van der Waals surface area (Å²) in [5, 5.41) is 11.2. The summed E-state index contributed by atoms with van der Waals surface area (Å²) in [4.78, 5) is 23.5. The van der Waals surface area contributed by atoms with Crippen molar-refractivity contribution in [3.05, 3.63) is 23.7 Å². The van der Waals surface area contributed by atoms with Crippen LogP contribution in [0.15, 0.2) is 16.5 Å². The molecule has 0 saturated carbocycles. The highest BCUT2D eigenvalue weighted by Gasteiger charge is 2.13. The molecule has 0 fully saturated rings. The van der Waals surface area contributed by atoms with Gasteiger partial charge >= 0.3 is 12.0 Å². The van der Waals surface area contributed by atoms with E-state index in [0.717, 1.165) is 6.26 Å². The van der Waals surface area contributed by atoms with Crippen molar-refractivity contribution >= 4 is 21.8 Å². The van der Waals surface area contributed by atoms with Crippen LogP contribution in [0.2, 0.25) is 0 Å². The number of hydrogen-bond acceptors (Lipinski definition) is 5. The zero-order chi connectivity index (χ0) is 15.3. The Labute approximate surface area is 116 Å². The fourth-order valence-electron chi connectivity index (χ4n) is 1.29. The maximum atomic E-state index is 11.6. The summed E-state index contributed by atoms with van der Waals surface area (Å²) in [6.07, 6.45) is 1.09. The maximum absolute atomic E-state index is 11.6. The third-order valence-corrected chi connectivity index (χ3v) is 3.35. The Morgan fingerprint density at radius 2 is 2.05 bits per heavy atom. The number of sulfone groups is 1. The lowest BCUT2D eigenvalue weighted by atomic mass is 10.4. The fraction of sp³-hybridized carbons (Fsp3) is 0.455. The van der Waals surface area contributed by atoms with Gasteiger partial charge in [-0.25, -0.2) is 18.0 Å². The van der Waals surface area contributed by atoms with Crippen LogP contribution in [-0.2, 0) is 16.4 Å². The van der Waals surface area contributed by atoms with Crippen molar-refractivity contribution in [1.82, 2.24) is 10.2 Å². The van der Waals surface area contributed by atoms with Gasteiger partial charge in [0.05, 0.1) is 12.3 Å². The van der Waals surface area contributed by atoms with E-state index in [1.54, 1.807) is 0 Å². The molecule has 1 heterocycles. The Morgan fingerprint density at radius 1 is 1.40 bits per heavy atom. The molecule has 0 aliphatic rings. The summed E-state index contributed by atoms with van der Waals surface area (Å²) in [6, 6.07) is 2.26. The van der Waals surface area contributed by atoms with E-state index < -0.39 is 21.8 Å². The minimum Gasteiger partial charge on any atom is -0.475 e. The Kier molecular flexibility index (Phi) is 5.14. The number of rotatable bonds is 6. The number of carbonyl (C=O) groups is 2. The van der Waals surface area contributed by atoms with E-state index in [-0.39, 0.29) is 24.6 Å². The normalized spacial score (nSPS) is 11.1. The number of urea groups is 1. The summed E-state index contributed by atoms with van der Waals surface area (Å²) >= 11 is 0. The van der Waals surface area contributed by atoms with Crippen LogP contribution in [0.1, 0.15) is 16.3 Å². The molecular weight excluding hydrogens is 288 g/mol. The van der Waals surface area contributed by atoms with E-state index in [1.165, 1.54) is 24.1 Å². The van der Waals surface area contributed by atoms with E-state index >= 15 is 0 Å². The lowest BCUT2D eigenvalue weighted by molar-refractivity contribution is 0.0660. The molecule has 0 bridgehead atoms. The average molecular weight is 304 g/mol. The zero-order valence-corrected chi connectivity index (χ0v) is 11.9. The molecule has 0 atom stereocenters. The van der Waals surface area contributed by atoms with Crippen LogP contribution < -0.4 is 5.32 Å². The van der Waals surface area contributed by atoms with Crippen molar-refractivity contribution in [2.75, 3.05) is 25.6 Å². The molecule has 1 rings (SSSR count). The van der Waals surface area contributed by atoms with Crippen LogP contribution in [0, 0.1) is 0 Å². The number of amides is 2. The van der Waals surface area contributed by atoms with Gasteiger partial charge in [0.15, 0.2) is 0 Å². The number of carboxylic acids is 1. The summed E-state index contributed by atoms with van der Waals surface area (Å²) in [6.45, 7) is 0.0958. The second-order valence-corrected chi connectivity index (χ2v) is 6.54. The summed E-state index contributed by atoms with van der Waals surface area (Å²) in [5.41, 5.74) is 0. The third kappa shape index (κ3) is 5.31.